The topological polar surface area (TPSA) is 70.8 Å². The molecule has 2 aromatic heterocycles. The lowest BCUT2D eigenvalue weighted by atomic mass is 10.1. The van der Waals surface area contributed by atoms with Crippen molar-refractivity contribution >= 4 is 17.2 Å². The van der Waals surface area contributed by atoms with E-state index in [1.165, 1.54) is 23.4 Å². The van der Waals surface area contributed by atoms with Gasteiger partial charge in [0.2, 0.25) is 0 Å². The highest BCUT2D eigenvalue weighted by Gasteiger charge is 2.39. The maximum absolute atomic E-state index is 5.87. The first-order valence-electron chi connectivity index (χ1n) is 6.25. The number of nitrogens with two attached hydrogens (primary N) is 1. The first-order valence-corrected chi connectivity index (χ1v) is 7.06. The molecule has 0 aliphatic carbocycles. The molecule has 4 heterocycles. The summed E-state index contributed by atoms with van der Waals surface area (Å²) < 4.78 is 0. The Morgan fingerprint density at radius 2 is 2.39 bits per heavy atom. The number of hydrogen-bond donors (Lipinski definition) is 2. The minimum absolute atomic E-state index is 0.568. The van der Waals surface area contributed by atoms with Crippen LogP contribution in [-0.2, 0) is 6.42 Å². The number of nitrogens with one attached hydrogen (secondary N) is 1. The molecule has 6 heteroatoms. The molecule has 0 amide bonds. The Bertz CT molecular complexity index is 601. The van der Waals surface area contributed by atoms with Crippen LogP contribution < -0.4 is 5.73 Å². The molecule has 0 saturated carbocycles. The summed E-state index contributed by atoms with van der Waals surface area (Å²) in [6, 6.07) is 1.25. The van der Waals surface area contributed by atoms with E-state index in [0.29, 0.717) is 17.9 Å². The van der Waals surface area contributed by atoms with Gasteiger partial charge in [0.25, 0.3) is 0 Å². The van der Waals surface area contributed by atoms with E-state index in [4.69, 9.17) is 10.7 Å². The van der Waals surface area contributed by atoms with Crippen LogP contribution in [-0.4, -0.2) is 33.2 Å². The molecule has 2 aliphatic rings. The van der Waals surface area contributed by atoms with Gasteiger partial charge in [0, 0.05) is 23.4 Å². The van der Waals surface area contributed by atoms with Crippen molar-refractivity contribution in [2.45, 2.75) is 31.3 Å². The van der Waals surface area contributed by atoms with Crippen molar-refractivity contribution in [1.29, 1.82) is 0 Å². The van der Waals surface area contributed by atoms with Crippen LogP contribution in [0.2, 0.25) is 0 Å². The third-order valence-corrected chi connectivity index (χ3v) is 5.43. The normalized spacial score (nSPS) is 26.5. The molecule has 5 nitrogen and oxygen atoms in total. The van der Waals surface area contributed by atoms with Gasteiger partial charge in [0.15, 0.2) is 0 Å². The van der Waals surface area contributed by atoms with Crippen LogP contribution in [0.25, 0.3) is 10.6 Å². The summed E-state index contributed by atoms with van der Waals surface area (Å²) in [6.07, 6.45) is 5.41. The highest BCUT2D eigenvalue weighted by Crippen LogP contribution is 2.46. The second-order valence-corrected chi connectivity index (χ2v) is 6.17. The number of H-pyrrole nitrogens is 1. The van der Waals surface area contributed by atoms with E-state index in [2.05, 4.69) is 22.1 Å². The van der Waals surface area contributed by atoms with Gasteiger partial charge in [-0.05, 0) is 19.9 Å². The van der Waals surface area contributed by atoms with Crippen LogP contribution in [0.3, 0.4) is 0 Å². The minimum atomic E-state index is 0.568. The Kier molecular flexibility index (Phi) is 2.07. The number of rotatable bonds is 1. The Morgan fingerprint density at radius 1 is 1.50 bits per heavy atom. The Hall–Kier alpha value is -1.40. The van der Waals surface area contributed by atoms with Crippen molar-refractivity contribution < 1.29 is 0 Å². The van der Waals surface area contributed by atoms with Crippen molar-refractivity contribution in [2.75, 3.05) is 12.8 Å². The van der Waals surface area contributed by atoms with E-state index in [1.807, 2.05) is 0 Å². The van der Waals surface area contributed by atoms with Gasteiger partial charge in [-0.15, -0.1) is 11.3 Å². The fourth-order valence-corrected chi connectivity index (χ4v) is 4.45. The SMILES string of the molecule is CN1C2CCC1c1sc(-c3cn[nH]c3N)nc1C2. The van der Waals surface area contributed by atoms with Gasteiger partial charge in [0.1, 0.15) is 10.8 Å². The number of aromatic amines is 1. The monoisotopic (exact) mass is 261 g/mol. The molecule has 1 saturated heterocycles. The highest BCUT2D eigenvalue weighted by molar-refractivity contribution is 7.15. The smallest absolute Gasteiger partial charge is 0.129 e. The molecule has 4 rings (SSSR count). The quantitative estimate of drug-likeness (QED) is 0.821. The zero-order valence-corrected chi connectivity index (χ0v) is 11.0. The number of nitrogen functional groups attached to an aromatic ring is 1. The maximum Gasteiger partial charge on any atom is 0.129 e. The number of likely N-dealkylation sites (N-methyl/N-ethyl adjacent to an activating group) is 1. The molecule has 94 valence electrons. The summed E-state index contributed by atoms with van der Waals surface area (Å²) in [5.74, 6) is 0.611. The molecular formula is C12H15N5S. The first-order chi connectivity index (χ1) is 8.74. The van der Waals surface area contributed by atoms with E-state index >= 15 is 0 Å². The fourth-order valence-electron chi connectivity index (χ4n) is 3.15. The third-order valence-electron chi connectivity index (χ3n) is 4.20. The lowest BCUT2D eigenvalue weighted by Crippen LogP contribution is -2.33. The molecular weight excluding hydrogens is 246 g/mol. The standard InChI is InChI=1S/C12H15N5S/c1-17-6-2-3-9(17)10-8(4-6)15-12(18-10)7-5-14-16-11(7)13/h5-6,9H,2-4H2,1H3,(H3,13,14,16). The van der Waals surface area contributed by atoms with Gasteiger partial charge in [-0.1, -0.05) is 0 Å². The highest BCUT2D eigenvalue weighted by atomic mass is 32.1. The number of nitrogens with zero attached hydrogens (tertiary/aromatic N) is 3. The summed E-state index contributed by atoms with van der Waals surface area (Å²) in [6.45, 7) is 0. The van der Waals surface area contributed by atoms with E-state index in [-0.39, 0.29) is 0 Å². The van der Waals surface area contributed by atoms with E-state index in [9.17, 15) is 0 Å². The van der Waals surface area contributed by atoms with E-state index in [1.54, 1.807) is 17.5 Å². The minimum Gasteiger partial charge on any atom is -0.383 e. The van der Waals surface area contributed by atoms with Crippen LogP contribution in [0.1, 0.15) is 29.5 Å². The second kappa shape index (κ2) is 3.55. The van der Waals surface area contributed by atoms with Crippen LogP contribution in [0.5, 0.6) is 0 Å². The van der Waals surface area contributed by atoms with Gasteiger partial charge in [-0.2, -0.15) is 5.10 Å². The average molecular weight is 261 g/mol. The summed E-state index contributed by atoms with van der Waals surface area (Å²) in [5, 5.41) is 7.75. The molecule has 0 spiro atoms. The number of hydrogen-bond acceptors (Lipinski definition) is 5. The summed E-state index contributed by atoms with van der Waals surface area (Å²) in [7, 11) is 2.23. The maximum atomic E-state index is 5.87. The molecule has 0 aromatic carbocycles. The Balaban J connectivity index is 1.81. The van der Waals surface area contributed by atoms with Crippen molar-refractivity contribution in [1.82, 2.24) is 20.1 Å². The molecule has 2 atom stereocenters. The molecule has 18 heavy (non-hydrogen) atoms. The zero-order chi connectivity index (χ0) is 12.3. The van der Waals surface area contributed by atoms with Crippen molar-refractivity contribution in [3.05, 3.63) is 16.8 Å². The molecule has 2 aliphatic heterocycles. The van der Waals surface area contributed by atoms with Crippen molar-refractivity contribution in [3.8, 4) is 10.6 Å². The third kappa shape index (κ3) is 1.30. The Morgan fingerprint density at radius 3 is 3.17 bits per heavy atom. The molecule has 2 bridgehead atoms. The number of fused-ring (bicyclic) bond motifs is 4. The molecule has 1 fully saturated rings. The van der Waals surface area contributed by atoms with Gasteiger partial charge in [0.05, 0.1) is 17.5 Å². The lowest BCUT2D eigenvalue weighted by Gasteiger charge is -2.29. The van der Waals surface area contributed by atoms with Gasteiger partial charge in [-0.3, -0.25) is 10.00 Å². The van der Waals surface area contributed by atoms with E-state index < -0.39 is 0 Å². The van der Waals surface area contributed by atoms with Crippen molar-refractivity contribution in [2.24, 2.45) is 0 Å². The number of aromatic nitrogens is 3. The lowest BCUT2D eigenvalue weighted by molar-refractivity contribution is 0.226. The zero-order valence-electron chi connectivity index (χ0n) is 10.2. The largest absolute Gasteiger partial charge is 0.383 e. The van der Waals surface area contributed by atoms with Crippen LogP contribution >= 0.6 is 11.3 Å². The van der Waals surface area contributed by atoms with Crippen LogP contribution in [0.15, 0.2) is 6.20 Å². The van der Waals surface area contributed by atoms with Gasteiger partial charge in [-0.25, -0.2) is 4.98 Å². The van der Waals surface area contributed by atoms with Gasteiger partial charge >= 0.3 is 0 Å². The predicted octanol–water partition coefficient (Wildman–Crippen LogP) is 1.81. The van der Waals surface area contributed by atoms with Crippen LogP contribution in [0.4, 0.5) is 5.82 Å². The molecule has 2 aromatic rings. The van der Waals surface area contributed by atoms with Gasteiger partial charge < -0.3 is 5.73 Å². The fraction of sp³-hybridized carbons (Fsp3) is 0.500. The average Bonchev–Trinajstić information content (AvgIpc) is 3.00. The number of anilines is 1. The number of thiazole rings is 1. The first kappa shape index (κ1) is 10.5. The molecule has 0 radical (unpaired) electrons. The van der Waals surface area contributed by atoms with Crippen molar-refractivity contribution in [3.63, 3.8) is 0 Å². The summed E-state index contributed by atoms with van der Waals surface area (Å²) >= 11 is 1.78. The Labute approximate surface area is 109 Å². The summed E-state index contributed by atoms with van der Waals surface area (Å²) in [4.78, 5) is 8.72. The molecule has 3 N–H and O–H groups in total. The second-order valence-electron chi connectivity index (χ2n) is 5.14. The predicted molar refractivity (Wildman–Crippen MR) is 71.3 cm³/mol. The molecule has 2 unspecified atom stereocenters. The van der Waals surface area contributed by atoms with Crippen LogP contribution in [0, 0.1) is 0 Å². The summed E-state index contributed by atoms with van der Waals surface area (Å²) in [5.41, 5.74) is 8.09. The van der Waals surface area contributed by atoms with E-state index in [0.717, 1.165) is 17.0 Å².